The standard InChI is InChI=1S/C19H21ClN6O2/c20-6-1-7-28-14-4-5-15-16(10-14)21-11-22-19(15)24-17-8-13(25-26-17)9-18(27)23-12-2-3-12/h4-5,8,10-12H,1-3,6-7,9H2,(H,23,27)(H2,21,22,24,25,26). The number of alkyl halides is 1. The average Bonchev–Trinajstić information content (AvgIpc) is 3.39. The number of carbonyl (C=O) groups is 1. The Labute approximate surface area is 167 Å². The molecule has 0 radical (unpaired) electrons. The van der Waals surface area contributed by atoms with E-state index in [2.05, 4.69) is 30.8 Å². The molecule has 146 valence electrons. The number of aromatic nitrogens is 4. The maximum Gasteiger partial charge on any atom is 0.226 e. The van der Waals surface area contributed by atoms with Crippen LogP contribution in [-0.4, -0.2) is 44.6 Å². The van der Waals surface area contributed by atoms with Crippen LogP contribution in [0.4, 0.5) is 11.6 Å². The zero-order valence-electron chi connectivity index (χ0n) is 15.2. The minimum atomic E-state index is 0.00637. The smallest absolute Gasteiger partial charge is 0.226 e. The maximum absolute atomic E-state index is 11.9. The molecule has 9 heteroatoms. The number of carbonyl (C=O) groups excluding carboxylic acids is 1. The Bertz CT molecular complexity index is 972. The average molecular weight is 401 g/mol. The first-order chi connectivity index (χ1) is 13.7. The lowest BCUT2D eigenvalue weighted by molar-refractivity contribution is -0.120. The lowest BCUT2D eigenvalue weighted by Gasteiger charge is -2.08. The number of benzene rings is 1. The number of hydrogen-bond acceptors (Lipinski definition) is 6. The summed E-state index contributed by atoms with van der Waals surface area (Å²) in [6, 6.07) is 7.82. The Balaban J connectivity index is 1.44. The maximum atomic E-state index is 11.9. The minimum absolute atomic E-state index is 0.00637. The number of halogens is 1. The fourth-order valence-electron chi connectivity index (χ4n) is 2.79. The molecule has 0 spiro atoms. The quantitative estimate of drug-likeness (QED) is 0.377. The molecule has 0 saturated heterocycles. The van der Waals surface area contributed by atoms with Crippen LogP contribution in [0.2, 0.25) is 0 Å². The minimum Gasteiger partial charge on any atom is -0.493 e. The van der Waals surface area contributed by atoms with Crippen molar-refractivity contribution in [1.82, 2.24) is 25.5 Å². The van der Waals surface area contributed by atoms with E-state index in [0.717, 1.165) is 41.6 Å². The number of rotatable bonds is 9. The second-order valence-electron chi connectivity index (χ2n) is 6.71. The lowest BCUT2D eigenvalue weighted by atomic mass is 10.2. The number of aromatic amines is 1. The molecule has 0 aliphatic heterocycles. The molecule has 3 aromatic rings. The summed E-state index contributed by atoms with van der Waals surface area (Å²) >= 11 is 5.68. The van der Waals surface area contributed by atoms with Gasteiger partial charge in [-0.05, 0) is 31.4 Å². The van der Waals surface area contributed by atoms with Gasteiger partial charge in [0.2, 0.25) is 5.91 Å². The van der Waals surface area contributed by atoms with Crippen molar-refractivity contribution in [2.75, 3.05) is 17.8 Å². The normalized spacial score (nSPS) is 13.5. The summed E-state index contributed by atoms with van der Waals surface area (Å²) in [5, 5.41) is 14.1. The summed E-state index contributed by atoms with van der Waals surface area (Å²) in [6.45, 7) is 0.565. The zero-order valence-corrected chi connectivity index (χ0v) is 16.0. The van der Waals surface area contributed by atoms with E-state index >= 15 is 0 Å². The molecule has 1 saturated carbocycles. The van der Waals surface area contributed by atoms with Gasteiger partial charge in [-0.3, -0.25) is 9.89 Å². The summed E-state index contributed by atoms with van der Waals surface area (Å²) in [6.07, 6.45) is 4.70. The molecule has 0 unspecified atom stereocenters. The van der Waals surface area contributed by atoms with Gasteiger partial charge in [0.05, 0.1) is 18.5 Å². The molecular formula is C19H21ClN6O2. The molecule has 1 aromatic carbocycles. The zero-order chi connectivity index (χ0) is 19.3. The highest BCUT2D eigenvalue weighted by atomic mass is 35.5. The lowest BCUT2D eigenvalue weighted by Crippen LogP contribution is -2.27. The number of nitrogens with one attached hydrogen (secondary N) is 3. The van der Waals surface area contributed by atoms with Gasteiger partial charge in [-0.25, -0.2) is 9.97 Å². The summed E-state index contributed by atoms with van der Waals surface area (Å²) in [5.74, 6) is 2.55. The van der Waals surface area contributed by atoms with Crippen molar-refractivity contribution in [2.24, 2.45) is 0 Å². The largest absolute Gasteiger partial charge is 0.493 e. The number of hydrogen-bond donors (Lipinski definition) is 3. The molecule has 0 atom stereocenters. The van der Waals surface area contributed by atoms with Gasteiger partial charge >= 0.3 is 0 Å². The third-order valence-corrected chi connectivity index (χ3v) is 4.59. The Morgan fingerprint density at radius 2 is 2.18 bits per heavy atom. The van der Waals surface area contributed by atoms with Gasteiger partial charge in [-0.15, -0.1) is 11.6 Å². The Hall–Kier alpha value is -2.87. The van der Waals surface area contributed by atoms with Gasteiger partial charge in [0, 0.05) is 35.1 Å². The van der Waals surface area contributed by atoms with Crippen molar-refractivity contribution in [3.05, 3.63) is 36.3 Å². The highest BCUT2D eigenvalue weighted by Crippen LogP contribution is 2.26. The highest BCUT2D eigenvalue weighted by Gasteiger charge is 2.23. The first kappa shape index (κ1) is 18.5. The molecule has 3 N–H and O–H groups in total. The van der Waals surface area contributed by atoms with E-state index in [-0.39, 0.29) is 12.3 Å². The van der Waals surface area contributed by atoms with E-state index < -0.39 is 0 Å². The monoisotopic (exact) mass is 400 g/mol. The van der Waals surface area contributed by atoms with E-state index in [4.69, 9.17) is 16.3 Å². The van der Waals surface area contributed by atoms with Gasteiger partial charge in [0.25, 0.3) is 0 Å². The van der Waals surface area contributed by atoms with Crippen LogP contribution in [0.25, 0.3) is 10.9 Å². The number of nitrogens with zero attached hydrogens (tertiary/aromatic N) is 3. The topological polar surface area (TPSA) is 105 Å². The summed E-state index contributed by atoms with van der Waals surface area (Å²) in [7, 11) is 0. The molecule has 0 bridgehead atoms. The third-order valence-electron chi connectivity index (χ3n) is 4.33. The molecule has 8 nitrogen and oxygen atoms in total. The molecule has 1 aliphatic rings. The second-order valence-corrected chi connectivity index (χ2v) is 7.09. The van der Waals surface area contributed by atoms with E-state index in [1.54, 1.807) is 0 Å². The van der Waals surface area contributed by atoms with Crippen molar-refractivity contribution in [2.45, 2.75) is 31.7 Å². The number of H-pyrrole nitrogens is 1. The third kappa shape index (κ3) is 4.69. The van der Waals surface area contributed by atoms with E-state index in [1.165, 1.54) is 6.33 Å². The molecular weight excluding hydrogens is 380 g/mol. The molecule has 4 rings (SSSR count). The van der Waals surface area contributed by atoms with Gasteiger partial charge in [0.1, 0.15) is 17.9 Å². The SMILES string of the molecule is O=C(Cc1cc(Nc2ncnc3cc(OCCCCl)ccc23)n[nH]1)NC1CC1. The van der Waals surface area contributed by atoms with Crippen LogP contribution in [0, 0.1) is 0 Å². The number of ether oxygens (including phenoxy) is 1. The van der Waals surface area contributed by atoms with Gasteiger partial charge in [0.15, 0.2) is 5.82 Å². The van der Waals surface area contributed by atoms with E-state index in [9.17, 15) is 4.79 Å². The predicted octanol–water partition coefficient (Wildman–Crippen LogP) is 2.93. The molecule has 1 amide bonds. The van der Waals surface area contributed by atoms with E-state index in [0.29, 0.717) is 30.2 Å². The summed E-state index contributed by atoms with van der Waals surface area (Å²) < 4.78 is 5.66. The first-order valence-corrected chi connectivity index (χ1v) is 9.79. The van der Waals surface area contributed by atoms with Crippen LogP contribution in [0.3, 0.4) is 0 Å². The van der Waals surface area contributed by atoms with Gasteiger partial charge in [-0.1, -0.05) is 0 Å². The molecule has 2 aromatic heterocycles. The fourth-order valence-corrected chi connectivity index (χ4v) is 2.90. The van der Waals surface area contributed by atoms with Crippen molar-refractivity contribution >= 4 is 40.0 Å². The van der Waals surface area contributed by atoms with Gasteiger partial charge in [-0.2, -0.15) is 5.10 Å². The molecule has 28 heavy (non-hydrogen) atoms. The van der Waals surface area contributed by atoms with Crippen molar-refractivity contribution in [3.63, 3.8) is 0 Å². The van der Waals surface area contributed by atoms with Crippen molar-refractivity contribution in [3.8, 4) is 5.75 Å². The van der Waals surface area contributed by atoms with Crippen molar-refractivity contribution < 1.29 is 9.53 Å². The van der Waals surface area contributed by atoms with Crippen LogP contribution >= 0.6 is 11.6 Å². The number of anilines is 2. The van der Waals surface area contributed by atoms with Crippen LogP contribution in [0.15, 0.2) is 30.6 Å². The fraction of sp³-hybridized carbons (Fsp3) is 0.368. The highest BCUT2D eigenvalue weighted by molar-refractivity contribution is 6.17. The summed E-state index contributed by atoms with van der Waals surface area (Å²) in [4.78, 5) is 20.5. The Morgan fingerprint density at radius 1 is 1.29 bits per heavy atom. The van der Waals surface area contributed by atoms with Crippen LogP contribution in [-0.2, 0) is 11.2 Å². The molecule has 1 fully saturated rings. The Kier molecular flexibility index (Phi) is 5.57. The second kappa shape index (κ2) is 8.43. The number of amides is 1. The van der Waals surface area contributed by atoms with Crippen LogP contribution in [0.1, 0.15) is 25.0 Å². The predicted molar refractivity (Wildman–Crippen MR) is 107 cm³/mol. The number of fused-ring (bicyclic) bond motifs is 1. The Morgan fingerprint density at radius 3 is 3.00 bits per heavy atom. The summed E-state index contributed by atoms with van der Waals surface area (Å²) in [5.41, 5.74) is 1.51. The van der Waals surface area contributed by atoms with Crippen LogP contribution < -0.4 is 15.4 Å². The molecule has 1 aliphatic carbocycles. The van der Waals surface area contributed by atoms with Crippen LogP contribution in [0.5, 0.6) is 5.75 Å². The van der Waals surface area contributed by atoms with Crippen molar-refractivity contribution in [1.29, 1.82) is 0 Å². The van der Waals surface area contributed by atoms with Gasteiger partial charge < -0.3 is 15.4 Å². The molecule has 2 heterocycles. The van der Waals surface area contributed by atoms with E-state index in [1.807, 2.05) is 24.3 Å². The first-order valence-electron chi connectivity index (χ1n) is 9.25.